The van der Waals surface area contributed by atoms with E-state index >= 15 is 0 Å². The van der Waals surface area contributed by atoms with Gasteiger partial charge in [-0.25, -0.2) is 5.43 Å². The fourth-order valence-corrected chi connectivity index (χ4v) is 1.15. The third-order valence-corrected chi connectivity index (χ3v) is 1.76. The van der Waals surface area contributed by atoms with E-state index in [0.29, 0.717) is 0 Å². The first-order valence-corrected chi connectivity index (χ1v) is 4.04. The average molecular weight is 165 g/mol. The molecule has 4 heteroatoms. The number of nitrogens with zero attached hydrogens (tertiary/aromatic N) is 2. The highest BCUT2D eigenvalue weighted by molar-refractivity contribution is 5.87. The lowest BCUT2D eigenvalue weighted by Gasteiger charge is -1.95. The Morgan fingerprint density at radius 3 is 2.83 bits per heavy atom. The predicted octanol–water partition coefficient (Wildman–Crippen LogP) is 0.946. The summed E-state index contributed by atoms with van der Waals surface area (Å²) in [6.07, 6.45) is 4.16. The summed E-state index contributed by atoms with van der Waals surface area (Å²) in [6.45, 7) is 0. The van der Waals surface area contributed by atoms with E-state index in [1.807, 2.05) is 0 Å². The van der Waals surface area contributed by atoms with Crippen molar-refractivity contribution in [1.82, 2.24) is 5.43 Å². The van der Waals surface area contributed by atoms with Crippen LogP contribution in [0.4, 0.5) is 0 Å². The summed E-state index contributed by atoms with van der Waals surface area (Å²) >= 11 is 0. The van der Waals surface area contributed by atoms with Gasteiger partial charge in [-0.15, -0.1) is 0 Å². The Hall–Kier alpha value is -1.37. The standard InChI is InChI=1S/C8H11N3O/c9-6-5-8(12)11-10-7-3-1-2-4-7/h1-5H2,(H,11,12). The van der Waals surface area contributed by atoms with Gasteiger partial charge in [-0.2, -0.15) is 10.4 Å². The van der Waals surface area contributed by atoms with E-state index in [1.54, 1.807) is 6.07 Å². The number of hydrogen-bond acceptors (Lipinski definition) is 3. The van der Waals surface area contributed by atoms with Gasteiger partial charge >= 0.3 is 0 Å². The van der Waals surface area contributed by atoms with E-state index < -0.39 is 0 Å². The van der Waals surface area contributed by atoms with Gasteiger partial charge in [-0.3, -0.25) is 4.79 Å². The van der Waals surface area contributed by atoms with Crippen molar-refractivity contribution < 1.29 is 4.79 Å². The Bertz CT molecular complexity index is 231. The molecule has 1 N–H and O–H groups in total. The molecule has 0 aromatic carbocycles. The zero-order chi connectivity index (χ0) is 8.81. The molecule has 1 rings (SSSR count). The summed E-state index contributed by atoms with van der Waals surface area (Å²) in [7, 11) is 0. The summed E-state index contributed by atoms with van der Waals surface area (Å²) in [6, 6.07) is 1.76. The largest absolute Gasteiger partial charge is 0.272 e. The van der Waals surface area contributed by atoms with Crippen LogP contribution in [0.25, 0.3) is 0 Å². The van der Waals surface area contributed by atoms with Crippen molar-refractivity contribution in [3.05, 3.63) is 0 Å². The van der Waals surface area contributed by atoms with Crippen LogP contribution in [0.1, 0.15) is 32.1 Å². The van der Waals surface area contributed by atoms with E-state index in [9.17, 15) is 4.79 Å². The van der Waals surface area contributed by atoms with Crippen LogP contribution >= 0.6 is 0 Å². The molecule has 0 aliphatic heterocycles. The molecule has 0 unspecified atom stereocenters. The fraction of sp³-hybridized carbons (Fsp3) is 0.625. The summed E-state index contributed by atoms with van der Waals surface area (Å²) in [5.74, 6) is -0.322. The Kier molecular flexibility index (Phi) is 3.27. The van der Waals surface area contributed by atoms with Crippen molar-refractivity contribution in [2.24, 2.45) is 5.10 Å². The fourth-order valence-electron chi connectivity index (χ4n) is 1.15. The molecular formula is C8H11N3O. The third kappa shape index (κ3) is 2.70. The lowest BCUT2D eigenvalue weighted by Crippen LogP contribution is -2.17. The number of hydrogen-bond donors (Lipinski definition) is 1. The van der Waals surface area contributed by atoms with Crippen molar-refractivity contribution in [3.8, 4) is 6.07 Å². The van der Waals surface area contributed by atoms with Crippen LogP contribution in [-0.4, -0.2) is 11.6 Å². The Morgan fingerprint density at radius 2 is 2.25 bits per heavy atom. The van der Waals surface area contributed by atoms with E-state index in [0.717, 1.165) is 31.4 Å². The molecule has 1 fully saturated rings. The number of rotatable bonds is 2. The summed E-state index contributed by atoms with van der Waals surface area (Å²) in [5.41, 5.74) is 3.39. The minimum atomic E-state index is -0.322. The second-order valence-corrected chi connectivity index (χ2v) is 2.76. The van der Waals surface area contributed by atoms with E-state index in [1.165, 1.54) is 0 Å². The minimum Gasteiger partial charge on any atom is -0.272 e. The number of carbonyl (C=O) groups excluding carboxylic acids is 1. The van der Waals surface area contributed by atoms with Gasteiger partial charge in [0.05, 0.1) is 6.07 Å². The minimum absolute atomic E-state index is 0.114. The van der Waals surface area contributed by atoms with Gasteiger partial charge in [0.1, 0.15) is 6.42 Å². The molecule has 0 bridgehead atoms. The monoisotopic (exact) mass is 165 g/mol. The van der Waals surface area contributed by atoms with Crippen LogP contribution in [0.5, 0.6) is 0 Å². The summed E-state index contributed by atoms with van der Waals surface area (Å²) in [4.78, 5) is 10.8. The molecule has 12 heavy (non-hydrogen) atoms. The SMILES string of the molecule is N#CCC(=O)NN=C1CCCC1. The van der Waals surface area contributed by atoms with Gasteiger partial charge in [-0.05, 0) is 25.7 Å². The molecule has 1 aliphatic carbocycles. The number of nitrogens with one attached hydrogen (secondary N) is 1. The Balaban J connectivity index is 2.28. The van der Waals surface area contributed by atoms with Crippen LogP contribution in [-0.2, 0) is 4.79 Å². The first-order valence-electron chi connectivity index (χ1n) is 4.04. The number of carbonyl (C=O) groups is 1. The van der Waals surface area contributed by atoms with Crippen molar-refractivity contribution >= 4 is 11.6 Å². The van der Waals surface area contributed by atoms with Crippen molar-refractivity contribution in [2.45, 2.75) is 32.1 Å². The van der Waals surface area contributed by atoms with Crippen LogP contribution in [0.15, 0.2) is 5.10 Å². The maximum absolute atomic E-state index is 10.8. The van der Waals surface area contributed by atoms with Crippen LogP contribution in [0.3, 0.4) is 0 Å². The van der Waals surface area contributed by atoms with Crippen LogP contribution in [0, 0.1) is 11.3 Å². The average Bonchev–Trinajstić information content (AvgIpc) is 2.53. The zero-order valence-corrected chi connectivity index (χ0v) is 6.84. The highest BCUT2D eigenvalue weighted by Gasteiger charge is 2.08. The first-order chi connectivity index (χ1) is 5.83. The maximum atomic E-state index is 10.8. The molecule has 0 saturated heterocycles. The maximum Gasteiger partial charge on any atom is 0.254 e. The molecule has 0 spiro atoms. The molecule has 4 nitrogen and oxygen atoms in total. The second kappa shape index (κ2) is 4.50. The second-order valence-electron chi connectivity index (χ2n) is 2.76. The highest BCUT2D eigenvalue weighted by Crippen LogP contribution is 2.13. The predicted molar refractivity (Wildman–Crippen MR) is 44.3 cm³/mol. The lowest BCUT2D eigenvalue weighted by molar-refractivity contribution is -0.120. The topological polar surface area (TPSA) is 65.2 Å². The molecule has 0 atom stereocenters. The van der Waals surface area contributed by atoms with Crippen molar-refractivity contribution in [1.29, 1.82) is 5.26 Å². The molecule has 0 radical (unpaired) electrons. The van der Waals surface area contributed by atoms with Gasteiger partial charge < -0.3 is 0 Å². The molecule has 0 heterocycles. The van der Waals surface area contributed by atoms with Crippen molar-refractivity contribution in [2.75, 3.05) is 0 Å². The lowest BCUT2D eigenvalue weighted by atomic mass is 10.3. The van der Waals surface area contributed by atoms with E-state index in [4.69, 9.17) is 5.26 Å². The first kappa shape index (κ1) is 8.72. The van der Waals surface area contributed by atoms with E-state index in [2.05, 4.69) is 10.5 Å². The van der Waals surface area contributed by atoms with Gasteiger partial charge in [0.15, 0.2) is 0 Å². The molecule has 0 aromatic rings. The van der Waals surface area contributed by atoms with Gasteiger partial charge in [-0.1, -0.05) is 0 Å². The smallest absolute Gasteiger partial charge is 0.254 e. The number of amides is 1. The van der Waals surface area contributed by atoms with Gasteiger partial charge in [0.2, 0.25) is 0 Å². The number of nitriles is 1. The zero-order valence-electron chi connectivity index (χ0n) is 6.84. The quantitative estimate of drug-likeness (QED) is 0.619. The Labute approximate surface area is 71.3 Å². The normalized spacial score (nSPS) is 15.4. The summed E-state index contributed by atoms with van der Waals surface area (Å²) < 4.78 is 0. The highest BCUT2D eigenvalue weighted by atomic mass is 16.2. The Morgan fingerprint density at radius 1 is 1.58 bits per heavy atom. The molecule has 1 amide bonds. The van der Waals surface area contributed by atoms with Gasteiger partial charge in [0, 0.05) is 5.71 Å². The third-order valence-electron chi connectivity index (χ3n) is 1.76. The van der Waals surface area contributed by atoms with E-state index in [-0.39, 0.29) is 12.3 Å². The van der Waals surface area contributed by atoms with Crippen LogP contribution in [0.2, 0.25) is 0 Å². The van der Waals surface area contributed by atoms with Gasteiger partial charge in [0.25, 0.3) is 5.91 Å². The van der Waals surface area contributed by atoms with Crippen LogP contribution < -0.4 is 5.43 Å². The molecule has 64 valence electrons. The molecule has 1 aliphatic rings. The molecular weight excluding hydrogens is 154 g/mol. The molecule has 0 aromatic heterocycles. The molecule has 1 saturated carbocycles. The van der Waals surface area contributed by atoms with Crippen molar-refractivity contribution in [3.63, 3.8) is 0 Å². The number of hydrazone groups is 1. The summed E-state index contributed by atoms with van der Waals surface area (Å²) in [5, 5.41) is 12.1.